The highest BCUT2D eigenvalue weighted by atomic mass is 32.1. The number of fused-ring (bicyclic) bond motifs is 1. The lowest BCUT2D eigenvalue weighted by Crippen LogP contribution is -2.33. The van der Waals surface area contributed by atoms with Crippen molar-refractivity contribution in [2.45, 2.75) is 13.0 Å². The highest BCUT2D eigenvalue weighted by molar-refractivity contribution is 7.80. The number of para-hydroxylation sites is 1. The fourth-order valence-corrected chi connectivity index (χ4v) is 2.11. The molecular formula is C12H12N6S. The normalized spacial score (nSPS) is 20.6. The maximum Gasteiger partial charge on any atom is 0.227 e. The number of nitrogens with one attached hydrogen (secondary N) is 1. The number of aliphatic imine (C=N–C) groups is 2. The lowest BCUT2D eigenvalue weighted by Gasteiger charge is -2.14. The number of benzene rings is 1. The van der Waals surface area contributed by atoms with Gasteiger partial charge in [0.2, 0.25) is 5.96 Å². The SMILES string of the molecule is CC1=NN(c2ccccc2)C2=NC(NC(N)=S)=NC12. The molecule has 0 spiro atoms. The summed E-state index contributed by atoms with van der Waals surface area (Å²) < 4.78 is 0. The van der Waals surface area contributed by atoms with E-state index in [0.29, 0.717) is 5.96 Å². The molecule has 0 bridgehead atoms. The minimum atomic E-state index is -0.156. The summed E-state index contributed by atoms with van der Waals surface area (Å²) in [4.78, 5) is 8.81. The van der Waals surface area contributed by atoms with Gasteiger partial charge in [0.15, 0.2) is 17.0 Å². The van der Waals surface area contributed by atoms with Crippen LogP contribution in [0.3, 0.4) is 0 Å². The van der Waals surface area contributed by atoms with Crippen LogP contribution in [0.25, 0.3) is 0 Å². The van der Waals surface area contributed by atoms with Crippen molar-refractivity contribution in [2.75, 3.05) is 5.01 Å². The van der Waals surface area contributed by atoms with Crippen molar-refractivity contribution in [2.24, 2.45) is 20.8 Å². The average molecular weight is 272 g/mol. The number of hydrogen-bond acceptors (Lipinski definition) is 5. The van der Waals surface area contributed by atoms with Gasteiger partial charge in [-0.3, -0.25) is 0 Å². The molecule has 0 aromatic heterocycles. The van der Waals surface area contributed by atoms with Crippen LogP contribution in [-0.2, 0) is 0 Å². The number of amidine groups is 1. The van der Waals surface area contributed by atoms with Crippen LogP contribution in [-0.4, -0.2) is 28.7 Å². The van der Waals surface area contributed by atoms with Crippen LogP contribution in [0.5, 0.6) is 0 Å². The quantitative estimate of drug-likeness (QED) is 0.743. The van der Waals surface area contributed by atoms with E-state index in [4.69, 9.17) is 18.0 Å². The Bertz CT molecular complexity index is 618. The molecule has 19 heavy (non-hydrogen) atoms. The molecule has 2 aliphatic heterocycles. The highest BCUT2D eigenvalue weighted by Gasteiger charge is 2.36. The van der Waals surface area contributed by atoms with Gasteiger partial charge >= 0.3 is 0 Å². The molecule has 1 aromatic carbocycles. The second kappa shape index (κ2) is 4.43. The molecule has 7 heteroatoms. The molecule has 3 rings (SSSR count). The average Bonchev–Trinajstić information content (AvgIpc) is 2.90. The van der Waals surface area contributed by atoms with E-state index in [-0.39, 0.29) is 11.2 Å². The number of guanidine groups is 1. The third-order valence-electron chi connectivity index (χ3n) is 2.82. The topological polar surface area (TPSA) is 78.4 Å². The molecule has 0 aliphatic carbocycles. The molecule has 0 fully saturated rings. The van der Waals surface area contributed by atoms with E-state index in [1.54, 1.807) is 5.01 Å². The summed E-state index contributed by atoms with van der Waals surface area (Å²) in [5.41, 5.74) is 7.27. The number of rotatable bonds is 1. The Kier molecular flexibility index (Phi) is 2.75. The third kappa shape index (κ3) is 2.08. The second-order valence-electron chi connectivity index (χ2n) is 4.20. The van der Waals surface area contributed by atoms with Crippen LogP contribution in [0.1, 0.15) is 6.92 Å². The number of hydrazone groups is 1. The van der Waals surface area contributed by atoms with E-state index in [0.717, 1.165) is 17.2 Å². The molecule has 1 aromatic rings. The van der Waals surface area contributed by atoms with Crippen molar-refractivity contribution in [3.05, 3.63) is 30.3 Å². The number of nitrogens with zero attached hydrogens (tertiary/aromatic N) is 4. The summed E-state index contributed by atoms with van der Waals surface area (Å²) in [6, 6.07) is 9.66. The van der Waals surface area contributed by atoms with Crippen molar-refractivity contribution in [3.8, 4) is 0 Å². The molecule has 1 unspecified atom stereocenters. The van der Waals surface area contributed by atoms with Crippen LogP contribution in [0.2, 0.25) is 0 Å². The Labute approximate surface area is 115 Å². The minimum absolute atomic E-state index is 0.156. The first kappa shape index (κ1) is 11.8. The lowest BCUT2D eigenvalue weighted by molar-refractivity contribution is 1.14. The Morgan fingerprint density at radius 3 is 2.79 bits per heavy atom. The van der Waals surface area contributed by atoms with Crippen LogP contribution in [0, 0.1) is 0 Å². The van der Waals surface area contributed by atoms with Crippen molar-refractivity contribution >= 4 is 40.5 Å². The summed E-state index contributed by atoms with van der Waals surface area (Å²) in [5, 5.41) is 9.18. The smallest absolute Gasteiger partial charge is 0.227 e. The number of thiocarbonyl (C=S) groups is 1. The van der Waals surface area contributed by atoms with Crippen LogP contribution in [0.15, 0.2) is 45.4 Å². The van der Waals surface area contributed by atoms with Gasteiger partial charge in [-0.15, -0.1) is 0 Å². The van der Waals surface area contributed by atoms with Gasteiger partial charge < -0.3 is 11.1 Å². The highest BCUT2D eigenvalue weighted by Crippen LogP contribution is 2.25. The monoisotopic (exact) mass is 272 g/mol. The first-order chi connectivity index (χ1) is 9.15. The maximum atomic E-state index is 5.43. The fourth-order valence-electron chi connectivity index (χ4n) is 2.02. The zero-order chi connectivity index (χ0) is 13.4. The van der Waals surface area contributed by atoms with Gasteiger partial charge in [0.1, 0.15) is 0 Å². The molecule has 6 nitrogen and oxygen atoms in total. The van der Waals surface area contributed by atoms with Crippen molar-refractivity contribution < 1.29 is 0 Å². The molecule has 3 N–H and O–H groups in total. The molecule has 0 radical (unpaired) electrons. The Morgan fingerprint density at radius 2 is 2.11 bits per heavy atom. The van der Waals surface area contributed by atoms with E-state index >= 15 is 0 Å². The second-order valence-corrected chi connectivity index (χ2v) is 4.64. The Hall–Kier alpha value is -2.28. The Balaban J connectivity index is 1.93. The molecule has 0 amide bonds. The van der Waals surface area contributed by atoms with E-state index in [9.17, 15) is 0 Å². The van der Waals surface area contributed by atoms with Crippen LogP contribution >= 0.6 is 12.2 Å². The molecule has 96 valence electrons. The van der Waals surface area contributed by atoms with Gasteiger partial charge in [-0.1, -0.05) is 18.2 Å². The summed E-state index contributed by atoms with van der Waals surface area (Å²) in [6.45, 7) is 1.93. The molecule has 1 atom stereocenters. The zero-order valence-corrected chi connectivity index (χ0v) is 11.1. The van der Waals surface area contributed by atoms with Gasteiger partial charge in [0.05, 0.1) is 11.4 Å². The summed E-state index contributed by atoms with van der Waals surface area (Å²) >= 11 is 4.79. The molecule has 2 aliphatic rings. The zero-order valence-electron chi connectivity index (χ0n) is 10.2. The van der Waals surface area contributed by atoms with Gasteiger partial charge in [0, 0.05) is 0 Å². The largest absolute Gasteiger partial charge is 0.376 e. The molecular weight excluding hydrogens is 260 g/mol. The Morgan fingerprint density at radius 1 is 1.37 bits per heavy atom. The molecule has 0 saturated carbocycles. The van der Waals surface area contributed by atoms with Crippen molar-refractivity contribution in [3.63, 3.8) is 0 Å². The number of hydrogen-bond donors (Lipinski definition) is 2. The van der Waals surface area contributed by atoms with E-state index in [1.807, 2.05) is 37.3 Å². The van der Waals surface area contributed by atoms with Crippen molar-refractivity contribution in [1.29, 1.82) is 0 Å². The van der Waals surface area contributed by atoms with Crippen LogP contribution < -0.4 is 16.1 Å². The van der Waals surface area contributed by atoms with E-state index < -0.39 is 0 Å². The minimum Gasteiger partial charge on any atom is -0.376 e. The van der Waals surface area contributed by atoms with Crippen molar-refractivity contribution in [1.82, 2.24) is 5.32 Å². The van der Waals surface area contributed by atoms with Gasteiger partial charge in [-0.25, -0.2) is 10.0 Å². The summed E-state index contributed by atoms with van der Waals surface area (Å²) in [5.74, 6) is 1.20. The summed E-state index contributed by atoms with van der Waals surface area (Å²) in [6.07, 6.45) is 0. The predicted octanol–water partition coefficient (Wildman–Crippen LogP) is 0.852. The first-order valence-corrected chi connectivity index (χ1v) is 6.19. The third-order valence-corrected chi connectivity index (χ3v) is 2.92. The van der Waals surface area contributed by atoms with E-state index in [2.05, 4.69) is 20.4 Å². The fraction of sp³-hybridized carbons (Fsp3) is 0.167. The molecule has 2 heterocycles. The summed E-state index contributed by atoms with van der Waals surface area (Å²) in [7, 11) is 0. The predicted molar refractivity (Wildman–Crippen MR) is 80.6 cm³/mol. The van der Waals surface area contributed by atoms with Crippen LogP contribution in [0.4, 0.5) is 5.69 Å². The standard InChI is InChI=1S/C12H12N6S/c1-7-9-10(15-12(14-9)16-11(13)19)18(17-7)8-5-3-2-4-6-8/h2-6,9H,1H3,(H3,13,14,16,19). The van der Waals surface area contributed by atoms with E-state index in [1.165, 1.54) is 0 Å². The lowest BCUT2D eigenvalue weighted by atomic mass is 10.2. The number of anilines is 1. The maximum absolute atomic E-state index is 5.43. The van der Waals surface area contributed by atoms with Gasteiger partial charge in [-0.2, -0.15) is 10.1 Å². The van der Waals surface area contributed by atoms with Gasteiger partial charge in [0.25, 0.3) is 0 Å². The molecule has 0 saturated heterocycles. The number of nitrogens with two attached hydrogens (primary N) is 1. The first-order valence-electron chi connectivity index (χ1n) is 5.78. The van der Waals surface area contributed by atoms with Gasteiger partial charge in [-0.05, 0) is 31.3 Å².